The van der Waals surface area contributed by atoms with Gasteiger partial charge in [-0.2, -0.15) is 0 Å². The largest absolute Gasteiger partial charge is 0.371 e. The van der Waals surface area contributed by atoms with Crippen LogP contribution in [0.1, 0.15) is 6.92 Å². The molecule has 1 aliphatic rings. The molecule has 0 saturated heterocycles. The van der Waals surface area contributed by atoms with Crippen molar-refractivity contribution in [1.82, 2.24) is 0 Å². The number of benzene rings is 1. The van der Waals surface area contributed by atoms with Gasteiger partial charge in [-0.05, 0) is 19.1 Å². The molecule has 1 aliphatic heterocycles. The molecule has 0 radical (unpaired) electrons. The average molecular weight is 190 g/mol. The maximum absolute atomic E-state index is 5.37. The fourth-order valence-corrected chi connectivity index (χ4v) is 1.42. The first-order valence-corrected chi connectivity index (χ1v) is 4.81. The molecule has 3 heteroatoms. The van der Waals surface area contributed by atoms with Crippen molar-refractivity contribution in [3.63, 3.8) is 0 Å². The zero-order chi connectivity index (χ0) is 9.80. The highest BCUT2D eigenvalue weighted by atomic mass is 16.5. The SMILES string of the molecule is CC1COCC(Nc2ccccc2)=N1. The van der Waals surface area contributed by atoms with Crippen LogP contribution in [-0.4, -0.2) is 25.1 Å². The number of rotatable bonds is 1. The zero-order valence-corrected chi connectivity index (χ0v) is 8.23. The molecule has 74 valence electrons. The molecule has 14 heavy (non-hydrogen) atoms. The summed E-state index contributed by atoms with van der Waals surface area (Å²) in [5.74, 6) is 0.912. The standard InChI is InChI=1S/C11H14N2O/c1-9-7-14-8-11(12-9)13-10-5-3-2-4-6-10/h2-6,9H,7-8H2,1H3,(H,12,13). The third kappa shape index (κ3) is 2.33. The summed E-state index contributed by atoms with van der Waals surface area (Å²) in [4.78, 5) is 4.46. The molecular formula is C11H14N2O. The number of ether oxygens (including phenoxy) is 1. The molecule has 2 rings (SSSR count). The van der Waals surface area contributed by atoms with Crippen molar-refractivity contribution in [2.45, 2.75) is 13.0 Å². The summed E-state index contributed by atoms with van der Waals surface area (Å²) in [7, 11) is 0. The Balaban J connectivity index is 2.04. The summed E-state index contributed by atoms with van der Waals surface area (Å²) in [5, 5.41) is 3.24. The third-order valence-electron chi connectivity index (χ3n) is 2.04. The van der Waals surface area contributed by atoms with E-state index in [-0.39, 0.29) is 6.04 Å². The summed E-state index contributed by atoms with van der Waals surface area (Å²) in [6.07, 6.45) is 0. The van der Waals surface area contributed by atoms with Crippen molar-refractivity contribution in [3.05, 3.63) is 30.3 Å². The molecule has 1 atom stereocenters. The van der Waals surface area contributed by atoms with Crippen LogP contribution in [0.25, 0.3) is 0 Å². The van der Waals surface area contributed by atoms with Gasteiger partial charge in [-0.3, -0.25) is 4.99 Å². The number of nitrogens with zero attached hydrogens (tertiary/aromatic N) is 1. The van der Waals surface area contributed by atoms with E-state index in [1.54, 1.807) is 0 Å². The molecule has 1 aromatic rings. The van der Waals surface area contributed by atoms with Crippen molar-refractivity contribution in [1.29, 1.82) is 0 Å². The molecule has 0 amide bonds. The van der Waals surface area contributed by atoms with Crippen LogP contribution in [0.2, 0.25) is 0 Å². The van der Waals surface area contributed by atoms with Crippen molar-refractivity contribution < 1.29 is 4.74 Å². The van der Waals surface area contributed by atoms with Gasteiger partial charge < -0.3 is 10.1 Å². The second-order valence-electron chi connectivity index (χ2n) is 3.43. The maximum atomic E-state index is 5.37. The normalized spacial score (nSPS) is 21.5. The van der Waals surface area contributed by atoms with E-state index in [4.69, 9.17) is 4.74 Å². The van der Waals surface area contributed by atoms with E-state index in [0.717, 1.165) is 18.1 Å². The Hall–Kier alpha value is -1.35. The van der Waals surface area contributed by atoms with E-state index in [0.29, 0.717) is 6.61 Å². The van der Waals surface area contributed by atoms with Gasteiger partial charge in [0.25, 0.3) is 0 Å². The lowest BCUT2D eigenvalue weighted by Gasteiger charge is -2.18. The molecule has 0 saturated carbocycles. The summed E-state index contributed by atoms with van der Waals surface area (Å²) < 4.78 is 5.37. The monoisotopic (exact) mass is 190 g/mol. The van der Waals surface area contributed by atoms with Gasteiger partial charge >= 0.3 is 0 Å². The van der Waals surface area contributed by atoms with Gasteiger partial charge in [0.15, 0.2) is 0 Å². The van der Waals surface area contributed by atoms with E-state index < -0.39 is 0 Å². The molecule has 1 unspecified atom stereocenters. The highest BCUT2D eigenvalue weighted by Crippen LogP contribution is 2.07. The van der Waals surface area contributed by atoms with Gasteiger partial charge in [-0.1, -0.05) is 18.2 Å². The van der Waals surface area contributed by atoms with Crippen LogP contribution < -0.4 is 5.32 Å². The Labute approximate surface area is 83.8 Å². The topological polar surface area (TPSA) is 33.6 Å². The predicted octanol–water partition coefficient (Wildman–Crippen LogP) is 1.92. The molecule has 1 aromatic carbocycles. The molecule has 0 bridgehead atoms. The van der Waals surface area contributed by atoms with Crippen LogP contribution in [0.4, 0.5) is 5.69 Å². The minimum absolute atomic E-state index is 0.259. The minimum Gasteiger partial charge on any atom is -0.371 e. The van der Waals surface area contributed by atoms with E-state index in [1.165, 1.54) is 0 Å². The first kappa shape index (κ1) is 9.21. The van der Waals surface area contributed by atoms with Crippen molar-refractivity contribution in [3.8, 4) is 0 Å². The highest BCUT2D eigenvalue weighted by Gasteiger charge is 2.10. The van der Waals surface area contributed by atoms with Crippen LogP contribution in [0, 0.1) is 0 Å². The van der Waals surface area contributed by atoms with Gasteiger partial charge in [-0.15, -0.1) is 0 Å². The predicted molar refractivity (Wildman–Crippen MR) is 57.8 cm³/mol. The van der Waals surface area contributed by atoms with Crippen molar-refractivity contribution in [2.75, 3.05) is 18.5 Å². The Morgan fingerprint density at radius 3 is 2.86 bits per heavy atom. The lowest BCUT2D eigenvalue weighted by molar-refractivity contribution is 0.149. The molecule has 0 fully saturated rings. The summed E-state index contributed by atoms with van der Waals surface area (Å²) >= 11 is 0. The molecule has 1 N–H and O–H groups in total. The second kappa shape index (κ2) is 4.24. The van der Waals surface area contributed by atoms with Gasteiger partial charge in [0.2, 0.25) is 0 Å². The van der Waals surface area contributed by atoms with Gasteiger partial charge in [0.05, 0.1) is 12.6 Å². The Bertz CT molecular complexity index is 321. The number of nitrogens with one attached hydrogen (secondary N) is 1. The fraction of sp³-hybridized carbons (Fsp3) is 0.364. The average Bonchev–Trinajstić information content (AvgIpc) is 2.19. The van der Waals surface area contributed by atoms with E-state index in [9.17, 15) is 0 Å². The molecule has 0 spiro atoms. The number of hydrogen-bond acceptors (Lipinski definition) is 3. The lowest BCUT2D eigenvalue weighted by Crippen LogP contribution is -2.28. The number of amidine groups is 1. The Kier molecular flexibility index (Phi) is 2.79. The van der Waals surface area contributed by atoms with Gasteiger partial charge in [-0.25, -0.2) is 0 Å². The Morgan fingerprint density at radius 2 is 2.14 bits per heavy atom. The molecule has 1 heterocycles. The van der Waals surface area contributed by atoms with Crippen LogP contribution >= 0.6 is 0 Å². The van der Waals surface area contributed by atoms with Crippen LogP contribution in [-0.2, 0) is 4.74 Å². The van der Waals surface area contributed by atoms with Gasteiger partial charge in [0, 0.05) is 5.69 Å². The number of hydrogen-bond donors (Lipinski definition) is 1. The quantitative estimate of drug-likeness (QED) is 0.734. The van der Waals surface area contributed by atoms with Gasteiger partial charge in [0.1, 0.15) is 12.4 Å². The van der Waals surface area contributed by atoms with E-state index in [1.807, 2.05) is 37.3 Å². The van der Waals surface area contributed by atoms with Crippen LogP contribution in [0.3, 0.4) is 0 Å². The molecule has 0 aromatic heterocycles. The molecule has 0 aliphatic carbocycles. The van der Waals surface area contributed by atoms with E-state index >= 15 is 0 Å². The molecular weight excluding hydrogens is 176 g/mol. The number of para-hydroxylation sites is 1. The summed E-state index contributed by atoms with van der Waals surface area (Å²) in [5.41, 5.74) is 1.06. The van der Waals surface area contributed by atoms with Crippen LogP contribution in [0.15, 0.2) is 35.3 Å². The number of anilines is 1. The lowest BCUT2D eigenvalue weighted by atomic mass is 10.3. The maximum Gasteiger partial charge on any atom is 0.127 e. The Morgan fingerprint density at radius 1 is 1.36 bits per heavy atom. The van der Waals surface area contributed by atoms with Crippen molar-refractivity contribution in [2.24, 2.45) is 4.99 Å². The summed E-state index contributed by atoms with van der Waals surface area (Å²) in [6.45, 7) is 3.35. The second-order valence-corrected chi connectivity index (χ2v) is 3.43. The highest BCUT2D eigenvalue weighted by molar-refractivity contribution is 5.96. The third-order valence-corrected chi connectivity index (χ3v) is 2.04. The zero-order valence-electron chi connectivity index (χ0n) is 8.23. The fourth-order valence-electron chi connectivity index (χ4n) is 1.42. The van der Waals surface area contributed by atoms with Crippen LogP contribution in [0.5, 0.6) is 0 Å². The first-order valence-electron chi connectivity index (χ1n) is 4.81. The van der Waals surface area contributed by atoms with E-state index in [2.05, 4.69) is 10.3 Å². The number of aliphatic imine (C=N–C) groups is 1. The smallest absolute Gasteiger partial charge is 0.127 e. The first-order chi connectivity index (χ1) is 6.84. The molecule has 3 nitrogen and oxygen atoms in total. The summed E-state index contributed by atoms with van der Waals surface area (Å²) in [6, 6.07) is 10.3. The van der Waals surface area contributed by atoms with Crippen molar-refractivity contribution >= 4 is 11.5 Å². The minimum atomic E-state index is 0.259.